The molecule has 0 spiro atoms. The number of amides is 1. The van der Waals surface area contributed by atoms with Crippen molar-refractivity contribution in [3.63, 3.8) is 0 Å². The summed E-state index contributed by atoms with van der Waals surface area (Å²) in [7, 11) is 2.08. The van der Waals surface area contributed by atoms with E-state index in [0.29, 0.717) is 30.1 Å². The van der Waals surface area contributed by atoms with Gasteiger partial charge >= 0.3 is 12.4 Å². The molecular weight excluding hydrogens is 530 g/mol. The molecule has 1 N–H and O–H groups in total. The van der Waals surface area contributed by atoms with E-state index < -0.39 is 29.4 Å². The Morgan fingerprint density at radius 1 is 0.850 bits per heavy atom. The van der Waals surface area contributed by atoms with Gasteiger partial charge in [0.2, 0.25) is 5.91 Å². The van der Waals surface area contributed by atoms with Crippen LogP contribution in [0.25, 0.3) is 0 Å². The number of nitrogens with one attached hydrogen (secondary N) is 1. The van der Waals surface area contributed by atoms with Gasteiger partial charge in [0, 0.05) is 30.1 Å². The summed E-state index contributed by atoms with van der Waals surface area (Å²) < 4.78 is 80.5. The molecule has 1 atom stereocenters. The first-order valence-corrected chi connectivity index (χ1v) is 13.3. The van der Waals surface area contributed by atoms with E-state index in [4.69, 9.17) is 0 Å². The third-order valence-corrected chi connectivity index (χ3v) is 7.76. The summed E-state index contributed by atoms with van der Waals surface area (Å²) in [6.07, 6.45) is -6.78. The molecule has 3 aromatic rings. The number of para-hydroxylation sites is 1. The second kappa shape index (κ2) is 12.0. The SMILES string of the molecule is CC(c1cc(C(F)(F)F)cc(C(F)(F)F)c1)c1ccccc1NC(=O)[C@H]1CC[C@H](N(C)Cc2ccccc2)CC1. The van der Waals surface area contributed by atoms with Gasteiger partial charge in [-0.25, -0.2) is 0 Å². The largest absolute Gasteiger partial charge is 0.416 e. The van der Waals surface area contributed by atoms with Crippen LogP contribution >= 0.6 is 0 Å². The molecule has 214 valence electrons. The van der Waals surface area contributed by atoms with E-state index >= 15 is 0 Å². The minimum absolute atomic E-state index is 0.123. The Hall–Kier alpha value is -3.33. The Bertz CT molecular complexity index is 1260. The van der Waals surface area contributed by atoms with Crippen LogP contribution in [-0.4, -0.2) is 23.9 Å². The average molecular weight is 563 g/mol. The van der Waals surface area contributed by atoms with Crippen LogP contribution in [0, 0.1) is 5.92 Å². The maximum absolute atomic E-state index is 13.4. The molecule has 1 fully saturated rings. The summed E-state index contributed by atoms with van der Waals surface area (Å²) in [6, 6.07) is 18.7. The first-order chi connectivity index (χ1) is 18.8. The van der Waals surface area contributed by atoms with Gasteiger partial charge in [-0.15, -0.1) is 0 Å². The molecule has 0 saturated heterocycles. The molecule has 1 saturated carbocycles. The summed E-state index contributed by atoms with van der Waals surface area (Å²) in [4.78, 5) is 15.5. The summed E-state index contributed by atoms with van der Waals surface area (Å²) in [5, 5.41) is 2.91. The highest BCUT2D eigenvalue weighted by Crippen LogP contribution is 2.40. The summed E-state index contributed by atoms with van der Waals surface area (Å²) in [6.45, 7) is 2.35. The third-order valence-electron chi connectivity index (χ3n) is 7.76. The molecule has 1 aliphatic rings. The molecule has 0 aromatic heterocycles. The van der Waals surface area contributed by atoms with Crippen molar-refractivity contribution in [1.29, 1.82) is 0 Å². The third kappa shape index (κ3) is 7.24. The smallest absolute Gasteiger partial charge is 0.326 e. The van der Waals surface area contributed by atoms with E-state index in [-0.39, 0.29) is 23.5 Å². The number of anilines is 1. The van der Waals surface area contributed by atoms with Crippen LogP contribution in [0.1, 0.15) is 66.3 Å². The van der Waals surface area contributed by atoms with Crippen LogP contribution in [-0.2, 0) is 23.7 Å². The number of halogens is 6. The number of carbonyl (C=O) groups excluding carboxylic acids is 1. The van der Waals surface area contributed by atoms with E-state index in [2.05, 4.69) is 29.4 Å². The normalized spacial score (nSPS) is 18.9. The van der Waals surface area contributed by atoms with Gasteiger partial charge in [0.05, 0.1) is 11.1 Å². The van der Waals surface area contributed by atoms with Crippen molar-refractivity contribution in [2.24, 2.45) is 5.92 Å². The van der Waals surface area contributed by atoms with Crippen LogP contribution < -0.4 is 5.32 Å². The zero-order valence-corrected chi connectivity index (χ0v) is 22.3. The number of hydrogen-bond donors (Lipinski definition) is 1. The lowest BCUT2D eigenvalue weighted by molar-refractivity contribution is -0.143. The Kier molecular flexibility index (Phi) is 8.93. The first-order valence-electron chi connectivity index (χ1n) is 13.3. The lowest BCUT2D eigenvalue weighted by Gasteiger charge is -2.34. The van der Waals surface area contributed by atoms with Crippen LogP contribution in [0.15, 0.2) is 72.8 Å². The Balaban J connectivity index is 1.46. The van der Waals surface area contributed by atoms with Crippen molar-refractivity contribution >= 4 is 11.6 Å². The highest BCUT2D eigenvalue weighted by atomic mass is 19.4. The highest BCUT2D eigenvalue weighted by Gasteiger charge is 2.37. The maximum atomic E-state index is 13.4. The quantitative estimate of drug-likeness (QED) is 0.293. The van der Waals surface area contributed by atoms with Crippen molar-refractivity contribution in [3.05, 3.63) is 101 Å². The van der Waals surface area contributed by atoms with Gasteiger partial charge in [-0.1, -0.05) is 55.5 Å². The Morgan fingerprint density at radius 2 is 1.40 bits per heavy atom. The number of carbonyl (C=O) groups is 1. The molecule has 1 aliphatic carbocycles. The zero-order valence-electron chi connectivity index (χ0n) is 22.3. The van der Waals surface area contributed by atoms with Gasteiger partial charge in [-0.2, -0.15) is 26.3 Å². The predicted octanol–water partition coefficient (Wildman–Crippen LogP) is 8.51. The van der Waals surface area contributed by atoms with Gasteiger partial charge < -0.3 is 5.32 Å². The van der Waals surface area contributed by atoms with E-state index in [1.165, 1.54) is 12.5 Å². The standard InChI is InChI=1S/C31H32F6N2O/c1-20(23-16-24(30(32,33)34)18-25(17-23)31(35,36)37)27-10-6-7-11-28(27)38-29(40)22-12-14-26(15-13-22)39(2)19-21-8-4-3-5-9-21/h3-11,16-18,20,22,26H,12-15,19H2,1-2H3,(H,38,40)/t20?,22-,26-. The lowest BCUT2D eigenvalue weighted by Crippen LogP contribution is -2.37. The van der Waals surface area contributed by atoms with Crippen molar-refractivity contribution < 1.29 is 31.1 Å². The van der Waals surface area contributed by atoms with Crippen LogP contribution in [0.4, 0.5) is 32.0 Å². The van der Waals surface area contributed by atoms with E-state index in [1.807, 2.05) is 18.2 Å². The minimum Gasteiger partial charge on any atom is -0.326 e. The van der Waals surface area contributed by atoms with Gasteiger partial charge in [-0.05, 0) is 73.7 Å². The van der Waals surface area contributed by atoms with Crippen LogP contribution in [0.5, 0.6) is 0 Å². The first kappa shape index (κ1) is 29.6. The number of rotatable bonds is 7. The molecule has 40 heavy (non-hydrogen) atoms. The average Bonchev–Trinajstić information content (AvgIpc) is 2.92. The second-order valence-corrected chi connectivity index (χ2v) is 10.5. The number of benzene rings is 3. The molecule has 0 bridgehead atoms. The van der Waals surface area contributed by atoms with E-state index in [0.717, 1.165) is 31.5 Å². The maximum Gasteiger partial charge on any atom is 0.416 e. The Morgan fingerprint density at radius 3 is 1.98 bits per heavy atom. The minimum atomic E-state index is -4.93. The summed E-state index contributed by atoms with van der Waals surface area (Å²) in [5.41, 5.74) is -0.808. The monoisotopic (exact) mass is 562 g/mol. The van der Waals surface area contributed by atoms with Gasteiger partial charge in [0.1, 0.15) is 0 Å². The molecule has 3 nitrogen and oxygen atoms in total. The molecule has 1 unspecified atom stereocenters. The predicted molar refractivity (Wildman–Crippen MR) is 143 cm³/mol. The lowest BCUT2D eigenvalue weighted by atomic mass is 9.84. The zero-order chi connectivity index (χ0) is 29.1. The topological polar surface area (TPSA) is 32.3 Å². The van der Waals surface area contributed by atoms with Gasteiger partial charge in [0.15, 0.2) is 0 Å². The van der Waals surface area contributed by atoms with Crippen molar-refractivity contribution in [2.75, 3.05) is 12.4 Å². The molecule has 0 heterocycles. The van der Waals surface area contributed by atoms with Crippen LogP contribution in [0.2, 0.25) is 0 Å². The molecule has 3 aromatic carbocycles. The van der Waals surface area contributed by atoms with E-state index in [1.54, 1.807) is 24.3 Å². The van der Waals surface area contributed by atoms with Gasteiger partial charge in [0.25, 0.3) is 0 Å². The highest BCUT2D eigenvalue weighted by molar-refractivity contribution is 5.93. The molecular formula is C31H32F6N2O. The fraction of sp³-hybridized carbons (Fsp3) is 0.387. The number of hydrogen-bond acceptors (Lipinski definition) is 2. The molecule has 4 rings (SSSR count). The number of nitrogens with zero attached hydrogens (tertiary/aromatic N) is 1. The van der Waals surface area contributed by atoms with Crippen molar-refractivity contribution in [2.45, 2.75) is 63.5 Å². The molecule has 9 heteroatoms. The Labute approximate surface area is 230 Å². The second-order valence-electron chi connectivity index (χ2n) is 10.5. The molecule has 1 amide bonds. The fourth-order valence-electron chi connectivity index (χ4n) is 5.41. The summed E-state index contributed by atoms with van der Waals surface area (Å²) in [5.74, 6) is -1.25. The molecule has 0 aliphatic heterocycles. The van der Waals surface area contributed by atoms with Crippen LogP contribution in [0.3, 0.4) is 0 Å². The van der Waals surface area contributed by atoms with Crippen molar-refractivity contribution in [1.82, 2.24) is 4.90 Å². The summed E-state index contributed by atoms with van der Waals surface area (Å²) >= 11 is 0. The molecule has 0 radical (unpaired) electrons. The van der Waals surface area contributed by atoms with Gasteiger partial charge in [-0.3, -0.25) is 9.69 Å². The van der Waals surface area contributed by atoms with E-state index in [9.17, 15) is 31.1 Å². The number of alkyl halides is 6. The van der Waals surface area contributed by atoms with Crippen molar-refractivity contribution in [3.8, 4) is 0 Å². The fourth-order valence-corrected chi connectivity index (χ4v) is 5.41.